The van der Waals surface area contributed by atoms with Crippen LogP contribution in [-0.4, -0.2) is 23.1 Å². The average molecular weight is 208 g/mol. The number of nitrogens with zero attached hydrogens (tertiary/aromatic N) is 2. The van der Waals surface area contributed by atoms with Crippen molar-refractivity contribution in [2.45, 2.75) is 26.7 Å². The Morgan fingerprint density at radius 3 is 2.60 bits per heavy atom. The minimum absolute atomic E-state index is 0.611. The summed E-state index contributed by atoms with van der Waals surface area (Å²) < 4.78 is 0. The predicted molar refractivity (Wildman–Crippen MR) is 62.7 cm³/mol. The smallest absolute Gasteiger partial charge is 0.222 e. The maximum atomic E-state index is 5.53. The molecule has 1 heterocycles. The zero-order chi connectivity index (χ0) is 11.1. The number of hydrogen-bond donors (Lipinski definition) is 2. The molecule has 0 aromatic carbocycles. The summed E-state index contributed by atoms with van der Waals surface area (Å²) in [4.78, 5) is 8.38. The molecule has 4 nitrogen and oxygen atoms in total. The maximum Gasteiger partial charge on any atom is 0.222 e. The van der Waals surface area contributed by atoms with Gasteiger partial charge in [0.25, 0.3) is 0 Å². The van der Waals surface area contributed by atoms with Crippen molar-refractivity contribution in [3.05, 3.63) is 18.0 Å². The summed E-state index contributed by atoms with van der Waals surface area (Å²) in [6.07, 6.45) is 5.82. The van der Waals surface area contributed by atoms with E-state index < -0.39 is 0 Å². The predicted octanol–water partition coefficient (Wildman–Crippen LogP) is 1.57. The third kappa shape index (κ3) is 4.25. The van der Waals surface area contributed by atoms with Crippen molar-refractivity contribution in [3.63, 3.8) is 0 Å². The van der Waals surface area contributed by atoms with Gasteiger partial charge in [0.2, 0.25) is 5.95 Å². The van der Waals surface area contributed by atoms with Crippen LogP contribution in [0.3, 0.4) is 0 Å². The number of hydrogen-bond acceptors (Lipinski definition) is 4. The Morgan fingerprint density at radius 1 is 1.40 bits per heavy atom. The molecule has 1 aromatic rings. The molecular formula is C11H20N4. The van der Waals surface area contributed by atoms with E-state index in [4.69, 9.17) is 5.73 Å². The first kappa shape index (κ1) is 11.9. The molecule has 1 rings (SSSR count). The molecule has 3 N–H and O–H groups in total. The molecule has 0 amide bonds. The van der Waals surface area contributed by atoms with Crippen LogP contribution in [-0.2, 0) is 0 Å². The molecular weight excluding hydrogens is 188 g/mol. The second kappa shape index (κ2) is 6.35. The fraction of sp³-hybridized carbons (Fsp3) is 0.636. The number of aryl methyl sites for hydroxylation is 1. The van der Waals surface area contributed by atoms with Gasteiger partial charge in [0.05, 0.1) is 0 Å². The van der Waals surface area contributed by atoms with E-state index >= 15 is 0 Å². The Balaban J connectivity index is 2.38. The second-order valence-electron chi connectivity index (χ2n) is 3.82. The summed E-state index contributed by atoms with van der Waals surface area (Å²) in [6.45, 7) is 5.80. The lowest BCUT2D eigenvalue weighted by Crippen LogP contribution is -2.18. The minimum Gasteiger partial charge on any atom is -0.354 e. The summed E-state index contributed by atoms with van der Waals surface area (Å²) in [5.41, 5.74) is 6.61. The SMILES string of the molecule is CCC(CCN)CNc1ncc(C)cn1. The van der Waals surface area contributed by atoms with E-state index in [1.54, 1.807) is 0 Å². The van der Waals surface area contributed by atoms with Crippen LogP contribution in [0.4, 0.5) is 5.95 Å². The topological polar surface area (TPSA) is 63.8 Å². The van der Waals surface area contributed by atoms with Gasteiger partial charge in [-0.25, -0.2) is 9.97 Å². The van der Waals surface area contributed by atoms with E-state index in [0.717, 1.165) is 31.5 Å². The van der Waals surface area contributed by atoms with E-state index in [9.17, 15) is 0 Å². The van der Waals surface area contributed by atoms with Crippen molar-refractivity contribution in [2.75, 3.05) is 18.4 Å². The first-order valence-corrected chi connectivity index (χ1v) is 5.48. The van der Waals surface area contributed by atoms with E-state index in [1.165, 1.54) is 0 Å². The second-order valence-corrected chi connectivity index (χ2v) is 3.82. The molecule has 1 aromatic heterocycles. The zero-order valence-corrected chi connectivity index (χ0v) is 9.53. The minimum atomic E-state index is 0.611. The fourth-order valence-corrected chi connectivity index (χ4v) is 1.41. The molecule has 0 fully saturated rings. The first-order valence-electron chi connectivity index (χ1n) is 5.48. The Hall–Kier alpha value is -1.16. The Labute approximate surface area is 91.3 Å². The third-order valence-corrected chi connectivity index (χ3v) is 2.48. The number of rotatable bonds is 6. The monoisotopic (exact) mass is 208 g/mol. The fourth-order valence-electron chi connectivity index (χ4n) is 1.41. The normalized spacial score (nSPS) is 12.5. The molecule has 0 aliphatic heterocycles. The van der Waals surface area contributed by atoms with Crippen LogP contribution in [0.25, 0.3) is 0 Å². The molecule has 0 saturated carbocycles. The van der Waals surface area contributed by atoms with Crippen LogP contribution >= 0.6 is 0 Å². The molecule has 0 bridgehead atoms. The van der Waals surface area contributed by atoms with Gasteiger partial charge in [-0.2, -0.15) is 0 Å². The van der Waals surface area contributed by atoms with Gasteiger partial charge in [-0.05, 0) is 31.4 Å². The van der Waals surface area contributed by atoms with Crippen LogP contribution in [0.5, 0.6) is 0 Å². The van der Waals surface area contributed by atoms with Crippen molar-refractivity contribution < 1.29 is 0 Å². The quantitative estimate of drug-likeness (QED) is 0.745. The highest BCUT2D eigenvalue weighted by Gasteiger charge is 2.05. The molecule has 84 valence electrons. The summed E-state index contributed by atoms with van der Waals surface area (Å²) >= 11 is 0. The first-order chi connectivity index (χ1) is 7.26. The van der Waals surface area contributed by atoms with Crippen LogP contribution in [0.15, 0.2) is 12.4 Å². The number of nitrogens with two attached hydrogens (primary N) is 1. The van der Waals surface area contributed by atoms with Gasteiger partial charge in [0, 0.05) is 18.9 Å². The summed E-state index contributed by atoms with van der Waals surface area (Å²) in [6, 6.07) is 0. The van der Waals surface area contributed by atoms with Crippen molar-refractivity contribution in [1.82, 2.24) is 9.97 Å². The molecule has 0 spiro atoms. The highest BCUT2D eigenvalue weighted by Crippen LogP contribution is 2.08. The molecule has 1 atom stereocenters. The average Bonchev–Trinajstić information content (AvgIpc) is 2.26. The summed E-state index contributed by atoms with van der Waals surface area (Å²) in [5.74, 6) is 1.32. The number of aromatic nitrogens is 2. The molecule has 15 heavy (non-hydrogen) atoms. The standard InChI is InChI=1S/C11H20N4/c1-3-10(4-5-12)8-15-11-13-6-9(2)7-14-11/h6-7,10H,3-5,8,12H2,1-2H3,(H,13,14,15). The van der Waals surface area contributed by atoms with Crippen molar-refractivity contribution >= 4 is 5.95 Å². The molecule has 0 aliphatic rings. The Morgan fingerprint density at radius 2 is 2.07 bits per heavy atom. The van der Waals surface area contributed by atoms with E-state index in [0.29, 0.717) is 11.9 Å². The van der Waals surface area contributed by atoms with Gasteiger partial charge in [0.15, 0.2) is 0 Å². The highest BCUT2D eigenvalue weighted by atomic mass is 15.1. The summed E-state index contributed by atoms with van der Waals surface area (Å²) in [7, 11) is 0. The maximum absolute atomic E-state index is 5.53. The Bertz CT molecular complexity index is 270. The number of nitrogens with one attached hydrogen (secondary N) is 1. The largest absolute Gasteiger partial charge is 0.354 e. The lowest BCUT2D eigenvalue weighted by molar-refractivity contribution is 0.500. The molecule has 4 heteroatoms. The van der Waals surface area contributed by atoms with Gasteiger partial charge in [0.1, 0.15) is 0 Å². The van der Waals surface area contributed by atoms with Gasteiger partial charge in [-0.1, -0.05) is 13.3 Å². The van der Waals surface area contributed by atoms with Gasteiger partial charge >= 0.3 is 0 Å². The van der Waals surface area contributed by atoms with E-state index in [1.807, 2.05) is 19.3 Å². The molecule has 1 unspecified atom stereocenters. The Kier molecular flexibility index (Phi) is 5.04. The molecule has 0 aliphatic carbocycles. The highest BCUT2D eigenvalue weighted by molar-refractivity contribution is 5.24. The third-order valence-electron chi connectivity index (χ3n) is 2.48. The van der Waals surface area contributed by atoms with Crippen LogP contribution in [0.1, 0.15) is 25.3 Å². The van der Waals surface area contributed by atoms with Gasteiger partial charge in [-0.15, -0.1) is 0 Å². The zero-order valence-electron chi connectivity index (χ0n) is 9.53. The summed E-state index contributed by atoms with van der Waals surface area (Å²) in [5, 5.41) is 3.23. The van der Waals surface area contributed by atoms with Crippen molar-refractivity contribution in [2.24, 2.45) is 11.7 Å². The van der Waals surface area contributed by atoms with Crippen LogP contribution < -0.4 is 11.1 Å². The van der Waals surface area contributed by atoms with Crippen LogP contribution in [0, 0.1) is 12.8 Å². The van der Waals surface area contributed by atoms with Gasteiger partial charge < -0.3 is 11.1 Å². The lowest BCUT2D eigenvalue weighted by Gasteiger charge is -2.14. The number of anilines is 1. The molecule has 0 radical (unpaired) electrons. The van der Waals surface area contributed by atoms with Crippen molar-refractivity contribution in [3.8, 4) is 0 Å². The van der Waals surface area contributed by atoms with Gasteiger partial charge in [-0.3, -0.25) is 0 Å². The van der Waals surface area contributed by atoms with Crippen molar-refractivity contribution in [1.29, 1.82) is 0 Å². The van der Waals surface area contributed by atoms with E-state index in [2.05, 4.69) is 22.2 Å². The van der Waals surface area contributed by atoms with Crippen LogP contribution in [0.2, 0.25) is 0 Å². The lowest BCUT2D eigenvalue weighted by atomic mass is 10.0. The molecule has 0 saturated heterocycles. The van der Waals surface area contributed by atoms with E-state index in [-0.39, 0.29) is 0 Å².